The summed E-state index contributed by atoms with van der Waals surface area (Å²) in [6.07, 6.45) is 0. The van der Waals surface area contributed by atoms with Gasteiger partial charge >= 0.3 is 6.97 Å². The van der Waals surface area contributed by atoms with Crippen LogP contribution in [0.3, 0.4) is 0 Å². The van der Waals surface area contributed by atoms with Crippen LogP contribution in [0.2, 0.25) is 0 Å². The molecule has 2 nitrogen and oxygen atoms in total. The van der Waals surface area contributed by atoms with Gasteiger partial charge in [-0.25, -0.2) is 0 Å². The molecule has 0 saturated heterocycles. The van der Waals surface area contributed by atoms with Crippen molar-refractivity contribution in [3.8, 4) is 33.5 Å². The van der Waals surface area contributed by atoms with Gasteiger partial charge in [0.2, 0.25) is 0 Å². The summed E-state index contributed by atoms with van der Waals surface area (Å²) < 4.78 is 45.2. The zero-order valence-electron chi connectivity index (χ0n) is 31.6. The quantitative estimate of drug-likeness (QED) is 0.141. The zero-order chi connectivity index (χ0) is 41.1. The lowest BCUT2D eigenvalue weighted by molar-refractivity contribution is -0.358. The number of benzene rings is 7. The van der Waals surface area contributed by atoms with Gasteiger partial charge in [-0.05, 0) is 94.0 Å². The Morgan fingerprint density at radius 1 is 0.350 bits per heavy atom. The lowest BCUT2D eigenvalue weighted by Crippen LogP contribution is -2.52. The van der Waals surface area contributed by atoms with Crippen molar-refractivity contribution in [3.63, 3.8) is 0 Å². The summed E-state index contributed by atoms with van der Waals surface area (Å²) in [5, 5.41) is 0. The fraction of sp³-hybridized carbons (Fsp3) is 0. The van der Waals surface area contributed by atoms with Crippen LogP contribution in [0.1, 0.15) is 27.9 Å². The van der Waals surface area contributed by atoms with E-state index in [-0.39, 0.29) is 0 Å². The maximum absolute atomic E-state index is 19.4. The highest BCUT2D eigenvalue weighted by atomic mass is 79.9. The van der Waals surface area contributed by atoms with Gasteiger partial charge in [0, 0.05) is 46.0 Å². The molecule has 0 bridgehead atoms. The van der Waals surface area contributed by atoms with Crippen LogP contribution in [0.5, 0.6) is 0 Å². The Hall–Kier alpha value is -5.19. The minimum absolute atomic E-state index is 0.435. The Labute approximate surface area is 380 Å². The van der Waals surface area contributed by atoms with Crippen LogP contribution in [0.25, 0.3) is 50.2 Å². The smallest absolute Gasteiger partial charge is 0.389 e. The molecule has 9 heteroatoms. The topological polar surface area (TPSA) is 7.94 Å². The molecule has 0 fully saturated rings. The van der Waals surface area contributed by atoms with Gasteiger partial charge in [-0.1, -0.05) is 191 Å². The van der Waals surface area contributed by atoms with Crippen molar-refractivity contribution in [3.05, 3.63) is 240 Å². The van der Waals surface area contributed by atoms with E-state index in [9.17, 15) is 0 Å². The Morgan fingerprint density at radius 3 is 1.18 bits per heavy atom. The number of rotatable bonds is 7. The lowest BCUT2D eigenvalue weighted by Gasteiger charge is -2.35. The first kappa shape index (κ1) is 39.0. The molecule has 0 spiro atoms. The van der Waals surface area contributed by atoms with Crippen LogP contribution in [0.15, 0.2) is 212 Å². The van der Waals surface area contributed by atoms with Gasteiger partial charge in [0.1, 0.15) is 0 Å². The second kappa shape index (κ2) is 15.7. The molecule has 0 atom stereocenters. The fourth-order valence-corrected chi connectivity index (χ4v) is 9.80. The Kier molecular flexibility index (Phi) is 10.2. The second-order valence-electron chi connectivity index (χ2n) is 14.7. The van der Waals surface area contributed by atoms with E-state index in [1.54, 1.807) is 0 Å². The van der Waals surface area contributed by atoms with E-state index >= 15 is 8.63 Å². The van der Waals surface area contributed by atoms with Gasteiger partial charge in [0.05, 0.1) is 16.7 Å². The summed E-state index contributed by atoms with van der Waals surface area (Å²) in [6.45, 7) is -4.67. The van der Waals surface area contributed by atoms with E-state index in [0.717, 1.165) is 68.0 Å². The Morgan fingerprint density at radius 2 is 0.700 bits per heavy atom. The van der Waals surface area contributed by atoms with Crippen LogP contribution in [-0.4, -0.2) is 21.6 Å². The van der Waals surface area contributed by atoms with Crippen LogP contribution < -0.4 is 0 Å². The van der Waals surface area contributed by atoms with Gasteiger partial charge in [-0.3, -0.25) is 0 Å². The van der Waals surface area contributed by atoms with Crippen molar-refractivity contribution in [1.82, 2.24) is 4.48 Å². The molecule has 0 saturated carbocycles. The largest absolute Gasteiger partial charge is 0.738 e. The molecule has 0 aliphatic carbocycles. The summed E-state index contributed by atoms with van der Waals surface area (Å²) in [7, 11) is 0. The first-order valence-electron chi connectivity index (χ1n) is 19.4. The fourth-order valence-electron chi connectivity index (χ4n) is 8.75. The van der Waals surface area contributed by atoms with E-state index in [4.69, 9.17) is 0 Å². The number of hydrogen-bond donors (Lipinski definition) is 0. The molecule has 290 valence electrons. The SMILES string of the molecule is F[B-]1(F)n2c(c(-c3ccccc3)c(-c3ccc(Br)cc3)c2-c2ccc(Br)cc2)C(c2ccccc2)=C2C(c3ccccc3)=C(c3ccc(Br)cc3)C(c3ccc(Br)cc3)=[N+]21. The molecular formula is C51H31BBr4F2N2. The molecule has 0 unspecified atom stereocenters. The van der Waals surface area contributed by atoms with Crippen LogP contribution in [-0.2, 0) is 0 Å². The highest BCUT2D eigenvalue weighted by Gasteiger charge is 2.59. The van der Waals surface area contributed by atoms with E-state index < -0.39 is 6.97 Å². The van der Waals surface area contributed by atoms with Crippen LogP contribution >= 0.6 is 63.7 Å². The molecule has 0 N–H and O–H groups in total. The minimum atomic E-state index is -4.67. The maximum atomic E-state index is 19.4. The van der Waals surface area contributed by atoms with E-state index in [0.29, 0.717) is 39.5 Å². The summed E-state index contributed by atoms with van der Waals surface area (Å²) in [5.41, 5.74) is 10.9. The highest BCUT2D eigenvalue weighted by molar-refractivity contribution is 9.11. The molecule has 3 heterocycles. The number of nitrogens with zero attached hydrogens (tertiary/aromatic N) is 2. The number of allylic oxidation sites excluding steroid dienone is 2. The molecule has 10 rings (SSSR count). The predicted molar refractivity (Wildman–Crippen MR) is 258 cm³/mol. The average Bonchev–Trinajstić information content (AvgIpc) is 3.82. The molecule has 7 aromatic carbocycles. The molecule has 1 aromatic heterocycles. The van der Waals surface area contributed by atoms with Crippen molar-refractivity contribution in [1.29, 1.82) is 0 Å². The molecule has 0 amide bonds. The third-order valence-corrected chi connectivity index (χ3v) is 13.3. The molecular weight excluding hydrogens is 1010 g/mol. The highest BCUT2D eigenvalue weighted by Crippen LogP contribution is 2.57. The van der Waals surface area contributed by atoms with Gasteiger partial charge in [-0.15, -0.1) is 0 Å². The summed E-state index contributed by atoms with van der Waals surface area (Å²) in [5.74, 6) is 0. The van der Waals surface area contributed by atoms with Crippen molar-refractivity contribution in [2.24, 2.45) is 0 Å². The molecule has 60 heavy (non-hydrogen) atoms. The Balaban J connectivity index is 1.50. The van der Waals surface area contributed by atoms with Crippen molar-refractivity contribution in [2.45, 2.75) is 0 Å². The predicted octanol–water partition coefficient (Wildman–Crippen LogP) is 15.7. The van der Waals surface area contributed by atoms with Crippen molar-refractivity contribution in [2.75, 3.05) is 0 Å². The number of aromatic nitrogens is 1. The average molecular weight is 1040 g/mol. The number of hydrogen-bond acceptors (Lipinski definition) is 0. The first-order chi connectivity index (χ1) is 29.2. The van der Waals surface area contributed by atoms with E-state index in [2.05, 4.69) is 63.7 Å². The van der Waals surface area contributed by atoms with Gasteiger partial charge in [0.15, 0.2) is 11.4 Å². The zero-order valence-corrected chi connectivity index (χ0v) is 38.0. The van der Waals surface area contributed by atoms with Gasteiger partial charge < -0.3 is 17.6 Å². The van der Waals surface area contributed by atoms with Gasteiger partial charge in [0.25, 0.3) is 0 Å². The van der Waals surface area contributed by atoms with Crippen LogP contribution in [0, 0.1) is 0 Å². The third-order valence-electron chi connectivity index (χ3n) is 11.2. The van der Waals surface area contributed by atoms with Crippen molar-refractivity contribution >= 4 is 93.1 Å². The number of halogens is 6. The normalized spacial score (nSPS) is 14.4. The molecule has 2 aliphatic heterocycles. The summed E-state index contributed by atoms with van der Waals surface area (Å²) in [4.78, 5) is 0. The van der Waals surface area contributed by atoms with Crippen LogP contribution in [0.4, 0.5) is 8.63 Å². The standard InChI is InChI=1S/C51H31BBr4F2N2/c53-39-24-16-35(17-25-39)43-45(32-10-4-1-5-11-32)50-47(34-14-8-3-9-15-34)51-46(33-12-6-2-7-13-33)44(36-18-26-40(54)27-19-36)49(38-22-30-42(56)31-23-38)60(51)52(57,58)59(50)48(43)37-20-28-41(55)29-21-37/h1-31H. The monoisotopic (exact) mass is 1040 g/mol. The second-order valence-corrected chi connectivity index (χ2v) is 18.4. The van der Waals surface area contributed by atoms with E-state index in [1.165, 1.54) is 8.96 Å². The minimum Gasteiger partial charge on any atom is -0.389 e. The van der Waals surface area contributed by atoms with Gasteiger partial charge in [-0.2, -0.15) is 0 Å². The Bertz CT molecular complexity index is 3030. The molecule has 8 aromatic rings. The molecule has 0 radical (unpaired) electrons. The summed E-state index contributed by atoms with van der Waals surface area (Å²) >= 11 is 14.5. The lowest BCUT2D eigenvalue weighted by atomic mass is 9.81. The third kappa shape index (κ3) is 6.58. The molecule has 2 aliphatic rings. The maximum Gasteiger partial charge on any atom is 0.738 e. The number of fused-ring (bicyclic) bond motifs is 2. The van der Waals surface area contributed by atoms with E-state index in [1.807, 2.05) is 188 Å². The van der Waals surface area contributed by atoms with Crippen molar-refractivity contribution < 1.29 is 13.1 Å². The summed E-state index contributed by atoms with van der Waals surface area (Å²) in [6, 6.07) is 61.4. The first-order valence-corrected chi connectivity index (χ1v) is 22.5.